The Bertz CT molecular complexity index is 1350. The van der Waals surface area contributed by atoms with Crippen LogP contribution in [0, 0.1) is 5.92 Å². The molecular formula is C32H27NO5. The highest BCUT2D eigenvalue weighted by Crippen LogP contribution is 2.44. The largest absolute Gasteiger partial charge is 0.464 e. The summed E-state index contributed by atoms with van der Waals surface area (Å²) in [6, 6.07) is 32.8. The molecule has 6 nitrogen and oxygen atoms in total. The standard InChI is InChI=1S/C32H27NO5/c33-29(32(36)38-30(21-11-3-1-4-12-21)22-13-5-2-6-14-22)27(19-34)31(35)37-20-28-25-17-9-7-15-23(25)24-16-8-10-18-26(24)28/h1-19,27-30H,20,33H2. The molecule has 1 aliphatic rings. The molecule has 2 atom stereocenters. The van der Waals surface area contributed by atoms with Crippen LogP contribution < -0.4 is 5.73 Å². The van der Waals surface area contributed by atoms with Crippen LogP contribution in [0.3, 0.4) is 0 Å². The monoisotopic (exact) mass is 505 g/mol. The second-order valence-corrected chi connectivity index (χ2v) is 9.18. The first-order valence-electron chi connectivity index (χ1n) is 12.4. The van der Waals surface area contributed by atoms with E-state index in [1.807, 2.05) is 109 Å². The Morgan fingerprint density at radius 2 is 1.18 bits per heavy atom. The maximum Gasteiger partial charge on any atom is 0.325 e. The van der Waals surface area contributed by atoms with Gasteiger partial charge in [-0.05, 0) is 33.4 Å². The third-order valence-electron chi connectivity index (χ3n) is 6.87. The summed E-state index contributed by atoms with van der Waals surface area (Å²) >= 11 is 0. The zero-order chi connectivity index (χ0) is 26.5. The number of fused-ring (bicyclic) bond motifs is 3. The number of rotatable bonds is 9. The van der Waals surface area contributed by atoms with Crippen LogP contribution in [0.15, 0.2) is 109 Å². The highest BCUT2D eigenvalue weighted by atomic mass is 16.5. The number of hydrogen-bond donors (Lipinski definition) is 1. The highest BCUT2D eigenvalue weighted by Gasteiger charge is 2.36. The summed E-state index contributed by atoms with van der Waals surface area (Å²) in [5.74, 6) is -3.40. The van der Waals surface area contributed by atoms with Crippen molar-refractivity contribution < 1.29 is 23.9 Å². The molecule has 0 radical (unpaired) electrons. The van der Waals surface area contributed by atoms with E-state index in [2.05, 4.69) is 0 Å². The molecule has 0 spiro atoms. The van der Waals surface area contributed by atoms with E-state index in [1.54, 1.807) is 0 Å². The second kappa shape index (κ2) is 11.2. The van der Waals surface area contributed by atoms with Crippen LogP contribution in [0.1, 0.15) is 34.3 Å². The van der Waals surface area contributed by atoms with E-state index in [0.717, 1.165) is 33.4 Å². The van der Waals surface area contributed by atoms with E-state index in [1.165, 1.54) is 0 Å². The molecule has 0 aliphatic heterocycles. The molecule has 0 bridgehead atoms. The molecule has 0 heterocycles. The maximum atomic E-state index is 13.1. The molecular weight excluding hydrogens is 478 g/mol. The molecule has 5 rings (SSSR count). The molecule has 6 heteroatoms. The van der Waals surface area contributed by atoms with Crippen LogP contribution in [0.25, 0.3) is 11.1 Å². The van der Waals surface area contributed by atoms with Gasteiger partial charge in [0.1, 0.15) is 24.9 Å². The Hall–Kier alpha value is -4.55. The summed E-state index contributed by atoms with van der Waals surface area (Å²) in [5.41, 5.74) is 11.8. The molecule has 0 saturated carbocycles. The topological polar surface area (TPSA) is 95.7 Å². The van der Waals surface area contributed by atoms with E-state index >= 15 is 0 Å². The average molecular weight is 506 g/mol. The fourth-order valence-corrected chi connectivity index (χ4v) is 4.91. The number of esters is 2. The van der Waals surface area contributed by atoms with Crippen LogP contribution in [-0.4, -0.2) is 30.9 Å². The first-order chi connectivity index (χ1) is 18.6. The van der Waals surface area contributed by atoms with Gasteiger partial charge in [-0.15, -0.1) is 0 Å². The first-order valence-corrected chi connectivity index (χ1v) is 12.4. The minimum Gasteiger partial charge on any atom is -0.464 e. The van der Waals surface area contributed by atoms with Crippen molar-refractivity contribution in [3.05, 3.63) is 131 Å². The summed E-state index contributed by atoms with van der Waals surface area (Å²) in [7, 11) is 0. The predicted octanol–water partition coefficient (Wildman–Crippen LogP) is 4.82. The van der Waals surface area contributed by atoms with Crippen molar-refractivity contribution in [2.75, 3.05) is 6.61 Å². The van der Waals surface area contributed by atoms with Gasteiger partial charge in [0.2, 0.25) is 0 Å². The summed E-state index contributed by atoms with van der Waals surface area (Å²) in [5, 5.41) is 0. The smallest absolute Gasteiger partial charge is 0.325 e. The highest BCUT2D eigenvalue weighted by molar-refractivity contribution is 5.95. The summed E-state index contributed by atoms with van der Waals surface area (Å²) in [4.78, 5) is 38.0. The number of hydrogen-bond acceptors (Lipinski definition) is 6. The summed E-state index contributed by atoms with van der Waals surface area (Å²) in [6.07, 6.45) is -0.393. The number of ether oxygens (including phenoxy) is 2. The quantitative estimate of drug-likeness (QED) is 0.199. The minimum atomic E-state index is -1.52. The van der Waals surface area contributed by atoms with Gasteiger partial charge in [0.05, 0.1) is 0 Å². The molecule has 0 amide bonds. The van der Waals surface area contributed by atoms with Gasteiger partial charge in [-0.2, -0.15) is 0 Å². The fourth-order valence-electron chi connectivity index (χ4n) is 4.91. The number of carbonyl (C=O) groups is 3. The normalized spacial score (nSPS) is 13.7. The lowest BCUT2D eigenvalue weighted by Crippen LogP contribution is -2.45. The van der Waals surface area contributed by atoms with Crippen LogP contribution in [0.2, 0.25) is 0 Å². The average Bonchev–Trinajstić information content (AvgIpc) is 3.29. The minimum absolute atomic E-state index is 0.0234. The Labute approximate surface area is 221 Å². The zero-order valence-corrected chi connectivity index (χ0v) is 20.6. The summed E-state index contributed by atoms with van der Waals surface area (Å²) in [6.45, 7) is 0.0234. The van der Waals surface area contributed by atoms with Gasteiger partial charge >= 0.3 is 11.9 Å². The van der Waals surface area contributed by atoms with Crippen LogP contribution in [0.5, 0.6) is 0 Å². The van der Waals surface area contributed by atoms with Crippen molar-refractivity contribution in [2.45, 2.75) is 18.1 Å². The lowest BCUT2D eigenvalue weighted by atomic mass is 9.97. The van der Waals surface area contributed by atoms with E-state index in [0.29, 0.717) is 6.29 Å². The fraction of sp³-hybridized carbons (Fsp3) is 0.156. The van der Waals surface area contributed by atoms with Crippen LogP contribution in [-0.2, 0) is 23.9 Å². The third kappa shape index (κ3) is 4.99. The van der Waals surface area contributed by atoms with E-state index in [-0.39, 0.29) is 12.5 Å². The molecule has 190 valence electrons. The van der Waals surface area contributed by atoms with Crippen molar-refractivity contribution in [1.82, 2.24) is 0 Å². The first kappa shape index (κ1) is 25.1. The molecule has 1 aliphatic carbocycles. The molecule has 2 unspecified atom stereocenters. The van der Waals surface area contributed by atoms with Gasteiger partial charge in [-0.25, -0.2) is 0 Å². The number of nitrogens with two attached hydrogens (primary N) is 1. The van der Waals surface area contributed by atoms with Crippen molar-refractivity contribution in [3.8, 4) is 11.1 Å². The van der Waals surface area contributed by atoms with Crippen molar-refractivity contribution in [1.29, 1.82) is 0 Å². The van der Waals surface area contributed by atoms with E-state index in [4.69, 9.17) is 15.2 Å². The zero-order valence-electron chi connectivity index (χ0n) is 20.6. The Morgan fingerprint density at radius 3 is 1.68 bits per heavy atom. The van der Waals surface area contributed by atoms with Gasteiger partial charge in [-0.1, -0.05) is 109 Å². The molecule has 4 aromatic rings. The molecule has 2 N–H and O–H groups in total. The van der Waals surface area contributed by atoms with Gasteiger partial charge in [0.15, 0.2) is 6.10 Å². The Balaban J connectivity index is 1.29. The van der Waals surface area contributed by atoms with Crippen molar-refractivity contribution >= 4 is 18.2 Å². The lowest BCUT2D eigenvalue weighted by molar-refractivity contribution is -0.160. The van der Waals surface area contributed by atoms with E-state index < -0.39 is 30.0 Å². The molecule has 0 saturated heterocycles. The van der Waals surface area contributed by atoms with Crippen LogP contribution in [0.4, 0.5) is 0 Å². The second-order valence-electron chi connectivity index (χ2n) is 9.18. The van der Waals surface area contributed by atoms with Crippen molar-refractivity contribution in [2.24, 2.45) is 11.7 Å². The predicted molar refractivity (Wildman–Crippen MR) is 143 cm³/mol. The lowest BCUT2D eigenvalue weighted by Gasteiger charge is -2.23. The van der Waals surface area contributed by atoms with Gasteiger partial charge in [0, 0.05) is 5.92 Å². The molecule has 38 heavy (non-hydrogen) atoms. The van der Waals surface area contributed by atoms with Crippen molar-refractivity contribution in [3.63, 3.8) is 0 Å². The molecule has 4 aromatic carbocycles. The van der Waals surface area contributed by atoms with Crippen LogP contribution >= 0.6 is 0 Å². The Kier molecular flexibility index (Phi) is 7.43. The number of benzene rings is 4. The van der Waals surface area contributed by atoms with E-state index in [9.17, 15) is 14.4 Å². The Morgan fingerprint density at radius 1 is 0.711 bits per heavy atom. The molecule has 0 fully saturated rings. The van der Waals surface area contributed by atoms with Gasteiger partial charge in [-0.3, -0.25) is 9.59 Å². The third-order valence-corrected chi connectivity index (χ3v) is 6.87. The number of carbonyl (C=O) groups excluding carboxylic acids is 3. The molecule has 0 aromatic heterocycles. The SMILES string of the molecule is NC(C(=O)OC(c1ccccc1)c1ccccc1)C(C=O)C(=O)OCC1c2ccccc2-c2ccccc21. The van der Waals surface area contributed by atoms with Gasteiger partial charge in [0.25, 0.3) is 0 Å². The number of aldehydes is 1. The summed E-state index contributed by atoms with van der Waals surface area (Å²) < 4.78 is 11.3. The maximum absolute atomic E-state index is 13.1. The van der Waals surface area contributed by atoms with Gasteiger partial charge < -0.3 is 20.0 Å².